The van der Waals surface area contributed by atoms with Crippen LogP contribution in [0.3, 0.4) is 0 Å². The molecule has 0 spiro atoms. The molecular weight excluding hydrogens is 372 g/mol. The molecule has 2 rings (SSSR count). The standard InChI is InChI=1S/C18H20N2O8/c1-4-26-16-9-13(20(23)24)12(8-15(16)25-3)18(22)28-10-17(21)19-11(2)14-6-5-7-27-14/h5-9,11H,4,10H2,1-3H3,(H,19,21)/t11-/m1/s1. The average molecular weight is 392 g/mol. The van der Waals surface area contributed by atoms with Gasteiger partial charge in [-0.05, 0) is 26.0 Å². The first-order valence-electron chi connectivity index (χ1n) is 8.36. The van der Waals surface area contributed by atoms with Gasteiger partial charge >= 0.3 is 5.97 Å². The second-order valence-corrected chi connectivity index (χ2v) is 5.59. The molecule has 2 aromatic rings. The number of nitro benzene ring substituents is 1. The minimum atomic E-state index is -1.03. The van der Waals surface area contributed by atoms with Crippen LogP contribution >= 0.6 is 0 Å². The highest BCUT2D eigenvalue weighted by Crippen LogP contribution is 2.35. The second-order valence-electron chi connectivity index (χ2n) is 5.59. The topological polar surface area (TPSA) is 130 Å². The Hall–Kier alpha value is -3.56. The largest absolute Gasteiger partial charge is 0.493 e. The summed E-state index contributed by atoms with van der Waals surface area (Å²) in [5.41, 5.74) is -0.865. The normalized spacial score (nSPS) is 11.4. The summed E-state index contributed by atoms with van der Waals surface area (Å²) in [6, 6.07) is 5.16. The predicted molar refractivity (Wildman–Crippen MR) is 96.4 cm³/mol. The first-order valence-corrected chi connectivity index (χ1v) is 8.36. The van der Waals surface area contributed by atoms with Crippen molar-refractivity contribution in [2.45, 2.75) is 19.9 Å². The molecule has 1 aromatic carbocycles. The van der Waals surface area contributed by atoms with E-state index in [2.05, 4.69) is 5.32 Å². The molecular formula is C18H20N2O8. The van der Waals surface area contributed by atoms with E-state index in [-0.39, 0.29) is 23.7 Å². The van der Waals surface area contributed by atoms with E-state index in [0.29, 0.717) is 5.76 Å². The number of carbonyl (C=O) groups is 2. The maximum Gasteiger partial charge on any atom is 0.345 e. The lowest BCUT2D eigenvalue weighted by molar-refractivity contribution is -0.385. The number of esters is 1. The maximum atomic E-state index is 12.3. The Morgan fingerprint density at radius 3 is 2.64 bits per heavy atom. The van der Waals surface area contributed by atoms with Crippen molar-refractivity contribution in [2.24, 2.45) is 0 Å². The van der Waals surface area contributed by atoms with Crippen molar-refractivity contribution in [3.8, 4) is 11.5 Å². The van der Waals surface area contributed by atoms with Gasteiger partial charge in [-0.3, -0.25) is 14.9 Å². The van der Waals surface area contributed by atoms with Crippen molar-refractivity contribution in [1.29, 1.82) is 0 Å². The zero-order valence-corrected chi connectivity index (χ0v) is 15.6. The third-order valence-corrected chi connectivity index (χ3v) is 3.68. The van der Waals surface area contributed by atoms with Crippen LogP contribution in [0, 0.1) is 10.1 Å². The van der Waals surface area contributed by atoms with Gasteiger partial charge in [-0.2, -0.15) is 0 Å². The summed E-state index contributed by atoms with van der Waals surface area (Å²) in [6.07, 6.45) is 1.47. The van der Waals surface area contributed by atoms with E-state index in [0.717, 1.165) is 12.1 Å². The van der Waals surface area contributed by atoms with Gasteiger partial charge in [-0.25, -0.2) is 4.79 Å². The minimum Gasteiger partial charge on any atom is -0.493 e. The molecule has 1 N–H and O–H groups in total. The van der Waals surface area contributed by atoms with Crippen LogP contribution in [0.1, 0.15) is 36.0 Å². The lowest BCUT2D eigenvalue weighted by Crippen LogP contribution is -2.31. The van der Waals surface area contributed by atoms with Gasteiger partial charge in [-0.1, -0.05) is 0 Å². The average Bonchev–Trinajstić information content (AvgIpc) is 3.20. The highest BCUT2D eigenvalue weighted by Gasteiger charge is 2.26. The van der Waals surface area contributed by atoms with Gasteiger partial charge in [0.1, 0.15) is 11.3 Å². The first kappa shape index (κ1) is 20.7. The van der Waals surface area contributed by atoms with Crippen molar-refractivity contribution in [1.82, 2.24) is 5.32 Å². The quantitative estimate of drug-likeness (QED) is 0.391. The molecule has 10 heteroatoms. The molecule has 150 valence electrons. The fourth-order valence-corrected chi connectivity index (χ4v) is 2.39. The van der Waals surface area contributed by atoms with E-state index in [9.17, 15) is 19.7 Å². The Bertz CT molecular complexity index is 848. The third kappa shape index (κ3) is 5.00. The van der Waals surface area contributed by atoms with Gasteiger partial charge in [0.15, 0.2) is 18.1 Å². The van der Waals surface area contributed by atoms with E-state index in [1.165, 1.54) is 13.4 Å². The molecule has 0 aliphatic carbocycles. The highest BCUT2D eigenvalue weighted by molar-refractivity contribution is 5.96. The molecule has 28 heavy (non-hydrogen) atoms. The Kier molecular flexibility index (Phi) is 6.96. The monoisotopic (exact) mass is 392 g/mol. The number of benzene rings is 1. The number of carbonyl (C=O) groups excluding carboxylic acids is 2. The molecule has 0 radical (unpaired) electrons. The number of nitro groups is 1. The summed E-state index contributed by atoms with van der Waals surface area (Å²) < 4.78 is 20.5. The number of nitrogens with one attached hydrogen (secondary N) is 1. The van der Waals surface area contributed by atoms with Gasteiger partial charge in [0.05, 0.1) is 37.0 Å². The van der Waals surface area contributed by atoms with Crippen LogP contribution in [0.4, 0.5) is 5.69 Å². The zero-order chi connectivity index (χ0) is 20.7. The van der Waals surface area contributed by atoms with Crippen LogP contribution in [0.25, 0.3) is 0 Å². The lowest BCUT2D eigenvalue weighted by atomic mass is 10.1. The number of methoxy groups -OCH3 is 1. The van der Waals surface area contributed by atoms with Crippen molar-refractivity contribution in [3.63, 3.8) is 0 Å². The number of hydrogen-bond acceptors (Lipinski definition) is 8. The molecule has 0 saturated carbocycles. The summed E-state index contributed by atoms with van der Waals surface area (Å²) in [4.78, 5) is 34.8. The fourth-order valence-electron chi connectivity index (χ4n) is 2.39. The molecule has 0 unspecified atom stereocenters. The van der Waals surface area contributed by atoms with E-state index >= 15 is 0 Å². The Balaban J connectivity index is 2.10. The van der Waals surface area contributed by atoms with Crippen molar-refractivity contribution in [3.05, 3.63) is 52.0 Å². The fraction of sp³-hybridized carbons (Fsp3) is 0.333. The van der Waals surface area contributed by atoms with Crippen LogP contribution < -0.4 is 14.8 Å². The molecule has 10 nitrogen and oxygen atoms in total. The number of rotatable bonds is 9. The van der Waals surface area contributed by atoms with Gasteiger partial charge < -0.3 is 23.9 Å². The highest BCUT2D eigenvalue weighted by atomic mass is 16.6. The van der Waals surface area contributed by atoms with Crippen LogP contribution in [0.15, 0.2) is 34.9 Å². The SMILES string of the molecule is CCOc1cc([N+](=O)[O-])c(C(=O)OCC(=O)N[C@H](C)c2ccco2)cc1OC. The summed E-state index contributed by atoms with van der Waals surface area (Å²) in [5, 5.41) is 13.9. The molecule has 0 aliphatic rings. The summed E-state index contributed by atoms with van der Waals surface area (Å²) in [6.45, 7) is 3.04. The van der Waals surface area contributed by atoms with Gasteiger partial charge in [0.25, 0.3) is 11.6 Å². The number of hydrogen-bond donors (Lipinski definition) is 1. The number of nitrogens with zero attached hydrogens (tertiary/aromatic N) is 1. The van der Waals surface area contributed by atoms with Gasteiger partial charge in [-0.15, -0.1) is 0 Å². The number of furan rings is 1. The number of amides is 1. The predicted octanol–water partition coefficient (Wildman–Crippen LogP) is 2.63. The van der Waals surface area contributed by atoms with E-state index in [1.807, 2.05) is 0 Å². The molecule has 1 atom stereocenters. The number of ether oxygens (including phenoxy) is 3. The molecule has 0 fully saturated rings. The second kappa shape index (κ2) is 9.40. The Morgan fingerprint density at radius 2 is 2.07 bits per heavy atom. The first-order chi connectivity index (χ1) is 13.4. The summed E-state index contributed by atoms with van der Waals surface area (Å²) in [5.74, 6) is -0.827. The minimum absolute atomic E-state index is 0.123. The van der Waals surface area contributed by atoms with Crippen LogP contribution in [0.2, 0.25) is 0 Å². The van der Waals surface area contributed by atoms with Gasteiger partial charge in [0.2, 0.25) is 0 Å². The zero-order valence-electron chi connectivity index (χ0n) is 15.6. The van der Waals surface area contributed by atoms with Crippen LogP contribution in [-0.2, 0) is 9.53 Å². The van der Waals surface area contributed by atoms with E-state index in [1.54, 1.807) is 26.0 Å². The van der Waals surface area contributed by atoms with Crippen LogP contribution in [0.5, 0.6) is 11.5 Å². The van der Waals surface area contributed by atoms with E-state index < -0.39 is 35.1 Å². The van der Waals surface area contributed by atoms with Crippen LogP contribution in [-0.4, -0.2) is 37.1 Å². The summed E-state index contributed by atoms with van der Waals surface area (Å²) in [7, 11) is 1.34. The molecule has 0 saturated heterocycles. The molecule has 1 amide bonds. The smallest absolute Gasteiger partial charge is 0.345 e. The molecule has 1 heterocycles. The van der Waals surface area contributed by atoms with E-state index in [4.69, 9.17) is 18.6 Å². The Morgan fingerprint density at radius 1 is 1.32 bits per heavy atom. The lowest BCUT2D eigenvalue weighted by Gasteiger charge is -2.13. The molecule has 0 aliphatic heterocycles. The summed E-state index contributed by atoms with van der Waals surface area (Å²) >= 11 is 0. The van der Waals surface area contributed by atoms with Crippen molar-refractivity contribution >= 4 is 17.6 Å². The van der Waals surface area contributed by atoms with Crippen molar-refractivity contribution < 1.29 is 33.1 Å². The third-order valence-electron chi connectivity index (χ3n) is 3.68. The Labute approximate surface area is 160 Å². The van der Waals surface area contributed by atoms with Gasteiger partial charge in [0, 0.05) is 6.07 Å². The van der Waals surface area contributed by atoms with Crippen molar-refractivity contribution in [2.75, 3.05) is 20.3 Å². The molecule has 1 aromatic heterocycles. The molecule has 0 bridgehead atoms. The maximum absolute atomic E-state index is 12.3.